The third kappa shape index (κ3) is 9.51. The Morgan fingerprint density at radius 3 is 2.14 bits per heavy atom. The molecule has 0 aliphatic heterocycles. The summed E-state index contributed by atoms with van der Waals surface area (Å²) in [6.07, 6.45) is 3.48. The molecule has 0 heterocycles. The Hall–Kier alpha value is -0.573. The summed E-state index contributed by atoms with van der Waals surface area (Å²) in [6, 6.07) is 1.02. The van der Waals surface area contributed by atoms with Crippen molar-refractivity contribution in [2.45, 2.75) is 52.1 Å². The Kier molecular flexibility index (Phi) is 4.58. The minimum absolute atomic E-state index is 0.240. The number of rotatable bonds is 3. The normalized spacial score (nSPS) is 13.3. The molecule has 2 nitrogen and oxygen atoms in total. The minimum Gasteiger partial charge on any atom is -0.457 e. The van der Waals surface area contributed by atoms with Crippen molar-refractivity contribution < 1.29 is 9.53 Å². The molecule has 0 rings (SSSR count). The van der Waals surface area contributed by atoms with E-state index in [9.17, 15) is 4.79 Å². The zero-order valence-corrected chi connectivity index (χ0v) is 11.2. The van der Waals surface area contributed by atoms with Gasteiger partial charge in [0.05, 0.1) is 0 Å². The molecule has 0 saturated heterocycles. The van der Waals surface area contributed by atoms with Crippen molar-refractivity contribution in [1.82, 2.24) is 0 Å². The number of carbonyl (C=O) groups is 1. The maximum Gasteiger partial charge on any atom is 0.330 e. The highest BCUT2D eigenvalue weighted by Gasteiger charge is 2.14. The van der Waals surface area contributed by atoms with E-state index >= 15 is 0 Å². The average molecular weight is 214 g/mol. The predicted octanol–water partition coefficient (Wildman–Crippen LogP) is 3.22. The van der Waals surface area contributed by atoms with Gasteiger partial charge in [-0.2, -0.15) is 0 Å². The minimum atomic E-state index is -1.08. The number of ether oxygens (including phenoxy) is 1. The lowest BCUT2D eigenvalue weighted by molar-refractivity contribution is -0.148. The Morgan fingerprint density at radius 2 is 1.79 bits per heavy atom. The molecule has 0 radical (unpaired) electrons. The monoisotopic (exact) mass is 214 g/mol. The molecule has 0 aromatic rings. The highest BCUT2D eigenvalue weighted by atomic mass is 28.3. The lowest BCUT2D eigenvalue weighted by Gasteiger charge is -2.18. The van der Waals surface area contributed by atoms with Crippen molar-refractivity contribution in [3.8, 4) is 0 Å². The summed E-state index contributed by atoms with van der Waals surface area (Å²) in [5, 5.41) is 0. The van der Waals surface area contributed by atoms with E-state index in [1.807, 2.05) is 26.8 Å². The summed E-state index contributed by atoms with van der Waals surface area (Å²) in [7, 11) is -1.08. The van der Waals surface area contributed by atoms with Gasteiger partial charge in [0.25, 0.3) is 0 Å². The smallest absolute Gasteiger partial charge is 0.330 e. The van der Waals surface area contributed by atoms with Crippen LogP contribution in [-0.2, 0) is 9.53 Å². The third-order valence-corrected chi connectivity index (χ3v) is 2.85. The van der Waals surface area contributed by atoms with Crippen molar-refractivity contribution in [3.63, 3.8) is 0 Å². The second-order valence-electron chi connectivity index (χ2n) is 5.70. The molecule has 0 atom stereocenters. The van der Waals surface area contributed by atoms with Crippen LogP contribution >= 0.6 is 0 Å². The lowest BCUT2D eigenvalue weighted by atomic mass is 10.2. The second kappa shape index (κ2) is 4.78. The molecule has 82 valence electrons. The molecule has 0 unspecified atom stereocenters. The van der Waals surface area contributed by atoms with E-state index in [0.29, 0.717) is 0 Å². The van der Waals surface area contributed by atoms with Gasteiger partial charge in [0, 0.05) is 14.1 Å². The van der Waals surface area contributed by atoms with Gasteiger partial charge in [0.2, 0.25) is 0 Å². The first-order valence-corrected chi connectivity index (χ1v) is 8.70. The molecule has 0 fully saturated rings. The molecule has 0 aliphatic carbocycles. The Morgan fingerprint density at radius 1 is 1.29 bits per heavy atom. The summed E-state index contributed by atoms with van der Waals surface area (Å²) in [6.45, 7) is 12.4. The Labute approximate surface area is 88.4 Å². The van der Waals surface area contributed by atoms with Crippen LogP contribution in [0.2, 0.25) is 25.7 Å². The molecule has 0 spiro atoms. The van der Waals surface area contributed by atoms with Gasteiger partial charge >= 0.3 is 5.97 Å². The number of hydrogen-bond acceptors (Lipinski definition) is 2. The molecule has 0 aliphatic rings. The lowest BCUT2D eigenvalue weighted by Crippen LogP contribution is -2.23. The van der Waals surface area contributed by atoms with Crippen molar-refractivity contribution in [2.75, 3.05) is 0 Å². The van der Waals surface area contributed by atoms with Gasteiger partial charge in [0.1, 0.15) is 5.60 Å². The standard InChI is InChI=1S/C11H22O2Si/c1-11(2,3)13-10(12)8-7-9-14(4,5)6/h7-8H,9H2,1-6H3/b8-7+. The molecule has 3 heteroatoms. The SMILES string of the molecule is CC(C)(C)OC(=O)/C=C/C[Si](C)(C)C. The van der Waals surface area contributed by atoms with E-state index in [-0.39, 0.29) is 11.6 Å². The molecular weight excluding hydrogens is 192 g/mol. The largest absolute Gasteiger partial charge is 0.457 e. The van der Waals surface area contributed by atoms with Crippen LogP contribution in [0, 0.1) is 0 Å². The first-order chi connectivity index (χ1) is 6.10. The summed E-state index contributed by atoms with van der Waals surface area (Å²) in [5.41, 5.74) is -0.388. The highest BCUT2D eigenvalue weighted by Crippen LogP contribution is 2.10. The van der Waals surface area contributed by atoms with Crippen LogP contribution in [-0.4, -0.2) is 19.6 Å². The van der Waals surface area contributed by atoms with Crippen LogP contribution in [0.4, 0.5) is 0 Å². The molecule has 0 N–H and O–H groups in total. The quantitative estimate of drug-likeness (QED) is 0.409. The maximum absolute atomic E-state index is 11.3. The molecule has 0 bridgehead atoms. The van der Waals surface area contributed by atoms with E-state index in [0.717, 1.165) is 6.04 Å². The first-order valence-electron chi connectivity index (χ1n) is 5.00. The number of allylic oxidation sites excluding steroid dienone is 1. The van der Waals surface area contributed by atoms with E-state index in [1.165, 1.54) is 0 Å². The van der Waals surface area contributed by atoms with Crippen LogP contribution in [0.15, 0.2) is 12.2 Å². The second-order valence-corrected chi connectivity index (χ2v) is 11.2. The van der Waals surface area contributed by atoms with Gasteiger partial charge in [-0.25, -0.2) is 4.79 Å². The topological polar surface area (TPSA) is 26.3 Å². The van der Waals surface area contributed by atoms with Gasteiger partial charge in [-0.05, 0) is 26.8 Å². The fourth-order valence-electron chi connectivity index (χ4n) is 0.845. The molecular formula is C11H22O2Si. The van der Waals surface area contributed by atoms with Crippen LogP contribution < -0.4 is 0 Å². The van der Waals surface area contributed by atoms with Crippen molar-refractivity contribution in [2.24, 2.45) is 0 Å². The van der Waals surface area contributed by atoms with Gasteiger partial charge in [-0.15, -0.1) is 0 Å². The number of hydrogen-bond donors (Lipinski definition) is 0. The molecule has 0 aromatic heterocycles. The van der Waals surface area contributed by atoms with Crippen molar-refractivity contribution in [3.05, 3.63) is 12.2 Å². The predicted molar refractivity (Wildman–Crippen MR) is 63.1 cm³/mol. The molecule has 14 heavy (non-hydrogen) atoms. The summed E-state index contributed by atoms with van der Waals surface area (Å²) >= 11 is 0. The Bertz CT molecular complexity index is 218. The van der Waals surface area contributed by atoms with Crippen molar-refractivity contribution >= 4 is 14.0 Å². The van der Waals surface area contributed by atoms with Gasteiger partial charge in [-0.3, -0.25) is 0 Å². The van der Waals surface area contributed by atoms with Crippen LogP contribution in [0.1, 0.15) is 20.8 Å². The van der Waals surface area contributed by atoms with Crippen molar-refractivity contribution in [1.29, 1.82) is 0 Å². The number of esters is 1. The fraction of sp³-hybridized carbons (Fsp3) is 0.727. The van der Waals surface area contributed by atoms with Crippen LogP contribution in [0.3, 0.4) is 0 Å². The highest BCUT2D eigenvalue weighted by molar-refractivity contribution is 6.76. The maximum atomic E-state index is 11.3. The Balaban J connectivity index is 3.96. The van der Waals surface area contributed by atoms with Gasteiger partial charge < -0.3 is 4.74 Å². The molecule has 0 amide bonds. The summed E-state index contributed by atoms with van der Waals surface area (Å²) in [5.74, 6) is -0.240. The number of carbonyl (C=O) groups excluding carboxylic acids is 1. The molecule has 0 saturated carbocycles. The first kappa shape index (κ1) is 13.4. The zero-order valence-electron chi connectivity index (χ0n) is 10.2. The summed E-state index contributed by atoms with van der Waals surface area (Å²) in [4.78, 5) is 11.3. The van der Waals surface area contributed by atoms with Gasteiger partial charge in [-0.1, -0.05) is 25.7 Å². The fourth-order valence-corrected chi connectivity index (χ4v) is 1.67. The summed E-state index contributed by atoms with van der Waals surface area (Å²) < 4.78 is 5.14. The van der Waals surface area contributed by atoms with E-state index in [4.69, 9.17) is 4.74 Å². The van der Waals surface area contributed by atoms with E-state index < -0.39 is 8.07 Å². The molecule has 0 aromatic carbocycles. The van der Waals surface area contributed by atoms with E-state index in [2.05, 4.69) is 19.6 Å². The van der Waals surface area contributed by atoms with E-state index in [1.54, 1.807) is 6.08 Å². The third-order valence-electron chi connectivity index (χ3n) is 1.39. The van der Waals surface area contributed by atoms with Gasteiger partial charge in [0.15, 0.2) is 0 Å². The van der Waals surface area contributed by atoms with Crippen LogP contribution in [0.25, 0.3) is 0 Å². The zero-order chi connectivity index (χ0) is 11.4. The average Bonchev–Trinajstić information content (AvgIpc) is 1.78. The van der Waals surface area contributed by atoms with Crippen LogP contribution in [0.5, 0.6) is 0 Å².